The highest BCUT2D eigenvalue weighted by molar-refractivity contribution is 5.97. The molecule has 2 N–H and O–H groups in total. The van der Waals surface area contributed by atoms with E-state index >= 15 is 0 Å². The summed E-state index contributed by atoms with van der Waals surface area (Å²) in [5, 5.41) is 11.6. The number of amides is 2. The Morgan fingerprint density at radius 1 is 1.24 bits per heavy atom. The van der Waals surface area contributed by atoms with E-state index in [1.54, 1.807) is 31.2 Å². The van der Waals surface area contributed by atoms with Gasteiger partial charge < -0.3 is 15.3 Å². The fraction of sp³-hybridized carbons (Fsp3) is 0.400. The smallest absolute Gasteiger partial charge is 0.323 e. The summed E-state index contributed by atoms with van der Waals surface area (Å²) in [6.07, 6.45) is 1.87. The Bertz CT molecular complexity index is 549. The third-order valence-corrected chi connectivity index (χ3v) is 3.34. The monoisotopic (exact) mass is 290 g/mol. The molecule has 0 saturated heterocycles. The van der Waals surface area contributed by atoms with E-state index < -0.39 is 5.97 Å². The number of carbonyl (C=O) groups is 3. The number of rotatable bonds is 6. The van der Waals surface area contributed by atoms with Gasteiger partial charge in [-0.05, 0) is 44.0 Å². The van der Waals surface area contributed by atoms with E-state index in [9.17, 15) is 14.4 Å². The van der Waals surface area contributed by atoms with Gasteiger partial charge in [0.15, 0.2) is 0 Å². The van der Waals surface area contributed by atoms with E-state index in [1.165, 1.54) is 4.90 Å². The Morgan fingerprint density at radius 2 is 1.86 bits per heavy atom. The molecular weight excluding hydrogens is 272 g/mol. The van der Waals surface area contributed by atoms with Crippen molar-refractivity contribution in [1.29, 1.82) is 0 Å². The van der Waals surface area contributed by atoms with Gasteiger partial charge in [0.2, 0.25) is 5.91 Å². The first-order chi connectivity index (χ1) is 10.0. The van der Waals surface area contributed by atoms with E-state index in [0.717, 1.165) is 12.8 Å². The molecule has 0 unspecified atom stereocenters. The second-order valence-corrected chi connectivity index (χ2v) is 5.05. The summed E-state index contributed by atoms with van der Waals surface area (Å²) in [5.74, 6) is -1.24. The minimum atomic E-state index is -1.04. The van der Waals surface area contributed by atoms with Crippen LogP contribution >= 0.6 is 0 Å². The lowest BCUT2D eigenvalue weighted by molar-refractivity contribution is -0.137. The van der Waals surface area contributed by atoms with Crippen molar-refractivity contribution >= 4 is 23.5 Å². The molecule has 21 heavy (non-hydrogen) atoms. The van der Waals surface area contributed by atoms with Gasteiger partial charge in [0.1, 0.15) is 6.54 Å². The van der Waals surface area contributed by atoms with Crippen molar-refractivity contribution < 1.29 is 19.5 Å². The summed E-state index contributed by atoms with van der Waals surface area (Å²) in [5.41, 5.74) is 1.05. The van der Waals surface area contributed by atoms with Crippen molar-refractivity contribution in [3.8, 4) is 0 Å². The molecule has 0 aromatic heterocycles. The van der Waals surface area contributed by atoms with E-state index in [4.69, 9.17) is 5.11 Å². The molecule has 1 saturated carbocycles. The second kappa shape index (κ2) is 6.39. The van der Waals surface area contributed by atoms with Crippen LogP contribution in [0, 0.1) is 5.92 Å². The Kier molecular flexibility index (Phi) is 4.57. The van der Waals surface area contributed by atoms with Crippen molar-refractivity contribution in [3.05, 3.63) is 29.8 Å². The molecule has 2 amide bonds. The maximum Gasteiger partial charge on any atom is 0.323 e. The van der Waals surface area contributed by atoms with Crippen LogP contribution in [0.1, 0.15) is 30.1 Å². The number of carbonyl (C=O) groups excluding carboxylic acids is 2. The molecule has 0 atom stereocenters. The Hall–Kier alpha value is -2.37. The van der Waals surface area contributed by atoms with Crippen LogP contribution < -0.4 is 5.32 Å². The van der Waals surface area contributed by atoms with Gasteiger partial charge in [0.25, 0.3) is 5.91 Å². The maximum atomic E-state index is 12.1. The Morgan fingerprint density at radius 3 is 2.33 bits per heavy atom. The summed E-state index contributed by atoms with van der Waals surface area (Å²) < 4.78 is 0. The fourth-order valence-corrected chi connectivity index (χ4v) is 1.96. The summed E-state index contributed by atoms with van der Waals surface area (Å²) in [6, 6.07) is 6.49. The van der Waals surface area contributed by atoms with Gasteiger partial charge in [-0.1, -0.05) is 0 Å². The number of aliphatic carboxylic acids is 1. The minimum absolute atomic E-state index is 0.00939. The van der Waals surface area contributed by atoms with Crippen molar-refractivity contribution in [2.75, 3.05) is 18.4 Å². The number of carboxylic acids is 1. The first-order valence-corrected chi connectivity index (χ1v) is 6.93. The number of carboxylic acid groups (broad SMARTS) is 1. The number of benzene rings is 1. The van der Waals surface area contributed by atoms with Crippen LogP contribution in [-0.2, 0) is 9.59 Å². The maximum absolute atomic E-state index is 12.1. The van der Waals surface area contributed by atoms with Gasteiger partial charge in [-0.3, -0.25) is 14.4 Å². The predicted molar refractivity (Wildman–Crippen MR) is 77.0 cm³/mol. The number of hydrogen-bond donors (Lipinski definition) is 2. The van der Waals surface area contributed by atoms with Crippen LogP contribution in [0.15, 0.2) is 24.3 Å². The third kappa shape index (κ3) is 4.05. The lowest BCUT2D eigenvalue weighted by Crippen LogP contribution is -2.35. The SMILES string of the molecule is CCN(CC(=O)O)C(=O)c1ccc(NC(=O)C2CC2)cc1. The summed E-state index contributed by atoms with van der Waals surface area (Å²) >= 11 is 0. The third-order valence-electron chi connectivity index (χ3n) is 3.34. The molecule has 1 aromatic carbocycles. The topological polar surface area (TPSA) is 86.7 Å². The summed E-state index contributed by atoms with van der Waals surface area (Å²) in [6.45, 7) is 1.73. The lowest BCUT2D eigenvalue weighted by Gasteiger charge is -2.18. The number of likely N-dealkylation sites (N-methyl/N-ethyl adjacent to an activating group) is 1. The summed E-state index contributed by atoms with van der Waals surface area (Å²) in [4.78, 5) is 35.7. The van der Waals surface area contributed by atoms with Gasteiger partial charge in [0, 0.05) is 23.7 Å². The zero-order valence-corrected chi connectivity index (χ0v) is 11.8. The molecule has 0 heterocycles. The number of nitrogens with zero attached hydrogens (tertiary/aromatic N) is 1. The molecular formula is C15H18N2O4. The highest BCUT2D eigenvalue weighted by Crippen LogP contribution is 2.30. The van der Waals surface area contributed by atoms with E-state index in [2.05, 4.69) is 5.32 Å². The van der Waals surface area contributed by atoms with Crippen molar-refractivity contribution in [2.24, 2.45) is 5.92 Å². The van der Waals surface area contributed by atoms with Gasteiger partial charge >= 0.3 is 5.97 Å². The van der Waals surface area contributed by atoms with Crippen LogP contribution in [-0.4, -0.2) is 40.9 Å². The highest BCUT2D eigenvalue weighted by atomic mass is 16.4. The molecule has 6 heteroatoms. The molecule has 112 valence electrons. The minimum Gasteiger partial charge on any atom is -0.480 e. The largest absolute Gasteiger partial charge is 0.480 e. The molecule has 6 nitrogen and oxygen atoms in total. The van der Waals surface area contributed by atoms with Gasteiger partial charge in [0.05, 0.1) is 0 Å². The molecule has 0 spiro atoms. The fourth-order valence-electron chi connectivity index (χ4n) is 1.96. The number of nitrogens with one attached hydrogen (secondary N) is 1. The Labute approximate surface area is 122 Å². The van der Waals surface area contributed by atoms with Crippen molar-refractivity contribution in [2.45, 2.75) is 19.8 Å². The van der Waals surface area contributed by atoms with Crippen molar-refractivity contribution in [3.63, 3.8) is 0 Å². The van der Waals surface area contributed by atoms with Crippen LogP contribution in [0.2, 0.25) is 0 Å². The molecule has 1 aliphatic rings. The van der Waals surface area contributed by atoms with E-state index in [1.807, 2.05) is 0 Å². The molecule has 0 aliphatic heterocycles. The van der Waals surface area contributed by atoms with Crippen molar-refractivity contribution in [1.82, 2.24) is 4.90 Å². The first kappa shape index (κ1) is 15.0. The van der Waals surface area contributed by atoms with Crippen LogP contribution in [0.3, 0.4) is 0 Å². The molecule has 1 fully saturated rings. The predicted octanol–water partition coefficient (Wildman–Crippen LogP) is 1.58. The highest BCUT2D eigenvalue weighted by Gasteiger charge is 2.29. The second-order valence-electron chi connectivity index (χ2n) is 5.05. The summed E-state index contributed by atoms with van der Waals surface area (Å²) in [7, 11) is 0. The van der Waals surface area contributed by atoms with E-state index in [0.29, 0.717) is 17.8 Å². The molecule has 0 bridgehead atoms. The first-order valence-electron chi connectivity index (χ1n) is 6.93. The molecule has 2 rings (SSSR count). The van der Waals surface area contributed by atoms with Gasteiger partial charge in [-0.25, -0.2) is 0 Å². The van der Waals surface area contributed by atoms with E-state index in [-0.39, 0.29) is 24.3 Å². The average molecular weight is 290 g/mol. The zero-order chi connectivity index (χ0) is 15.4. The molecule has 0 radical (unpaired) electrons. The number of anilines is 1. The van der Waals surface area contributed by atoms with Crippen LogP contribution in [0.4, 0.5) is 5.69 Å². The molecule has 1 aliphatic carbocycles. The lowest BCUT2D eigenvalue weighted by atomic mass is 10.1. The van der Waals surface area contributed by atoms with Crippen LogP contribution in [0.25, 0.3) is 0 Å². The average Bonchev–Trinajstić information content (AvgIpc) is 3.29. The molecule has 1 aromatic rings. The Balaban J connectivity index is 2.01. The zero-order valence-electron chi connectivity index (χ0n) is 11.8. The normalized spacial score (nSPS) is 13.6. The van der Waals surface area contributed by atoms with Gasteiger partial charge in [-0.2, -0.15) is 0 Å². The standard InChI is InChI=1S/C15H18N2O4/c1-2-17(9-13(18)19)15(21)11-5-7-12(8-6-11)16-14(20)10-3-4-10/h5-8,10H,2-4,9H2,1H3,(H,16,20)(H,18,19). The van der Waals surface area contributed by atoms with Gasteiger partial charge in [-0.15, -0.1) is 0 Å². The quantitative estimate of drug-likeness (QED) is 0.832. The van der Waals surface area contributed by atoms with Crippen LogP contribution in [0.5, 0.6) is 0 Å². The number of hydrogen-bond acceptors (Lipinski definition) is 3.